The number of rotatable bonds is 4. The van der Waals surface area contributed by atoms with E-state index in [1.165, 1.54) is 22.9 Å². The minimum Gasteiger partial charge on any atom is -0.374 e. The van der Waals surface area contributed by atoms with Gasteiger partial charge in [-0.05, 0) is 67.1 Å². The van der Waals surface area contributed by atoms with Gasteiger partial charge in [0, 0.05) is 23.8 Å². The molecule has 2 N–H and O–H groups in total. The summed E-state index contributed by atoms with van der Waals surface area (Å²) in [5.74, 6) is 0. The molecule has 30 heavy (non-hydrogen) atoms. The number of hydrogen-bond acceptors (Lipinski definition) is 3. The fraction of sp³-hybridized carbons (Fsp3) is 0.348. The van der Waals surface area contributed by atoms with Gasteiger partial charge in [-0.3, -0.25) is 4.79 Å². The number of anilines is 1. The van der Waals surface area contributed by atoms with Crippen LogP contribution in [0.3, 0.4) is 0 Å². The molecule has 3 aromatic rings. The van der Waals surface area contributed by atoms with E-state index in [0.29, 0.717) is 15.6 Å². The third-order valence-electron chi connectivity index (χ3n) is 5.99. The maximum absolute atomic E-state index is 12.8. The van der Waals surface area contributed by atoms with Crippen LogP contribution < -0.4 is 16.2 Å². The van der Waals surface area contributed by atoms with Gasteiger partial charge in [0.25, 0.3) is 5.56 Å². The summed E-state index contributed by atoms with van der Waals surface area (Å²) < 4.78 is 39.1. The predicted molar refractivity (Wildman–Crippen MR) is 113 cm³/mol. The van der Waals surface area contributed by atoms with E-state index in [-0.39, 0.29) is 10.9 Å². The van der Waals surface area contributed by atoms with Crippen molar-refractivity contribution in [2.75, 3.05) is 18.4 Å². The van der Waals surface area contributed by atoms with Crippen LogP contribution in [0, 0.1) is 13.8 Å². The Kier molecular flexibility index (Phi) is 5.10. The van der Waals surface area contributed by atoms with Crippen molar-refractivity contribution in [2.45, 2.75) is 38.5 Å². The van der Waals surface area contributed by atoms with Crippen LogP contribution in [0.2, 0.25) is 0 Å². The van der Waals surface area contributed by atoms with Crippen molar-refractivity contribution in [3.05, 3.63) is 75.7 Å². The molecule has 4 rings (SSSR count). The van der Waals surface area contributed by atoms with Gasteiger partial charge in [-0.2, -0.15) is 13.2 Å². The zero-order chi connectivity index (χ0) is 21.5. The van der Waals surface area contributed by atoms with Crippen LogP contribution in [-0.2, 0) is 12.1 Å². The Morgan fingerprint density at radius 3 is 2.67 bits per heavy atom. The number of aromatic nitrogens is 1. The summed E-state index contributed by atoms with van der Waals surface area (Å²) in [6.07, 6.45) is -2.39. The highest BCUT2D eigenvalue weighted by molar-refractivity contribution is 5.85. The molecule has 0 saturated carbocycles. The quantitative estimate of drug-likeness (QED) is 0.661. The molecule has 1 fully saturated rings. The fourth-order valence-electron chi connectivity index (χ4n) is 4.32. The summed E-state index contributed by atoms with van der Waals surface area (Å²) >= 11 is 0. The van der Waals surface area contributed by atoms with Crippen LogP contribution >= 0.6 is 0 Å². The predicted octanol–water partition coefficient (Wildman–Crippen LogP) is 4.48. The lowest BCUT2D eigenvalue weighted by Crippen LogP contribution is -2.38. The molecule has 1 atom stereocenters. The van der Waals surface area contributed by atoms with Gasteiger partial charge in [0.1, 0.15) is 6.54 Å². The fourth-order valence-corrected chi connectivity index (χ4v) is 4.32. The normalized spacial score (nSPS) is 19.4. The number of aryl methyl sites for hydroxylation is 1. The Morgan fingerprint density at radius 2 is 1.97 bits per heavy atom. The Labute approximate surface area is 172 Å². The van der Waals surface area contributed by atoms with Crippen molar-refractivity contribution in [1.29, 1.82) is 0 Å². The van der Waals surface area contributed by atoms with Gasteiger partial charge in [0.15, 0.2) is 0 Å². The number of alkyl halides is 3. The van der Waals surface area contributed by atoms with Crippen LogP contribution in [0.25, 0.3) is 10.8 Å². The largest absolute Gasteiger partial charge is 0.406 e. The Hall–Kier alpha value is -2.80. The highest BCUT2D eigenvalue weighted by Crippen LogP contribution is 2.35. The molecular formula is C23H24F3N3O. The topological polar surface area (TPSA) is 46.1 Å². The molecule has 1 aromatic heterocycles. The summed E-state index contributed by atoms with van der Waals surface area (Å²) in [7, 11) is 0. The van der Waals surface area contributed by atoms with E-state index in [2.05, 4.69) is 36.6 Å². The molecule has 1 saturated heterocycles. The van der Waals surface area contributed by atoms with E-state index in [1.807, 2.05) is 12.1 Å². The summed E-state index contributed by atoms with van der Waals surface area (Å²) in [6, 6.07) is 13.1. The lowest BCUT2D eigenvalue weighted by atomic mass is 9.84. The molecular weight excluding hydrogens is 391 g/mol. The second-order valence-electron chi connectivity index (χ2n) is 8.05. The molecule has 4 nitrogen and oxygen atoms in total. The minimum absolute atomic E-state index is 0.272. The van der Waals surface area contributed by atoms with E-state index in [0.717, 1.165) is 19.5 Å². The van der Waals surface area contributed by atoms with E-state index in [4.69, 9.17) is 0 Å². The number of hydrogen-bond donors (Lipinski definition) is 2. The highest BCUT2D eigenvalue weighted by Gasteiger charge is 2.37. The maximum Gasteiger partial charge on any atom is 0.406 e. The Morgan fingerprint density at radius 1 is 1.17 bits per heavy atom. The van der Waals surface area contributed by atoms with Gasteiger partial charge in [0.05, 0.1) is 5.54 Å². The monoisotopic (exact) mass is 415 g/mol. The van der Waals surface area contributed by atoms with E-state index < -0.39 is 18.3 Å². The van der Waals surface area contributed by atoms with E-state index >= 15 is 0 Å². The molecule has 0 bridgehead atoms. The number of nitrogens with one attached hydrogen (secondary N) is 2. The summed E-state index contributed by atoms with van der Waals surface area (Å²) in [5.41, 5.74) is 3.34. The van der Waals surface area contributed by atoms with Crippen molar-refractivity contribution in [3.63, 3.8) is 0 Å². The zero-order valence-corrected chi connectivity index (χ0v) is 16.9. The van der Waals surface area contributed by atoms with Crippen molar-refractivity contribution in [2.24, 2.45) is 0 Å². The van der Waals surface area contributed by atoms with Crippen molar-refractivity contribution < 1.29 is 13.2 Å². The minimum atomic E-state index is -4.45. The molecule has 0 spiro atoms. The van der Waals surface area contributed by atoms with Crippen LogP contribution in [-0.4, -0.2) is 23.8 Å². The maximum atomic E-state index is 12.8. The van der Waals surface area contributed by atoms with E-state index in [9.17, 15) is 18.0 Å². The lowest BCUT2D eigenvalue weighted by Gasteiger charge is -2.33. The van der Waals surface area contributed by atoms with Crippen molar-refractivity contribution in [1.82, 2.24) is 9.88 Å². The standard InChI is InChI=1S/C23H24F3N3O/c1-15-4-3-5-20(16(15)2)22(9-10-27-13-22)28-18-7-6-17-8-11-29(14-23(24,25)26)21(30)19(17)12-18/h3-8,11-12,27-28H,9-10,13-14H2,1-2H3. The zero-order valence-electron chi connectivity index (χ0n) is 16.9. The average Bonchev–Trinajstić information content (AvgIpc) is 3.15. The van der Waals surface area contributed by atoms with Crippen LogP contribution in [0.5, 0.6) is 0 Å². The Balaban J connectivity index is 1.76. The molecule has 1 aliphatic rings. The molecule has 0 amide bonds. The molecule has 0 aliphatic carbocycles. The molecule has 0 radical (unpaired) electrons. The van der Waals surface area contributed by atoms with Crippen LogP contribution in [0.1, 0.15) is 23.1 Å². The van der Waals surface area contributed by atoms with Gasteiger partial charge < -0.3 is 15.2 Å². The van der Waals surface area contributed by atoms with Gasteiger partial charge in [0.2, 0.25) is 0 Å². The van der Waals surface area contributed by atoms with Crippen LogP contribution in [0.15, 0.2) is 53.5 Å². The lowest BCUT2D eigenvalue weighted by molar-refractivity contribution is -0.141. The Bertz CT molecular complexity index is 1140. The molecule has 2 aromatic carbocycles. The SMILES string of the molecule is Cc1cccc(C2(Nc3ccc4ccn(CC(F)(F)F)c(=O)c4c3)CCNC2)c1C. The number of benzene rings is 2. The first-order valence-electron chi connectivity index (χ1n) is 9.94. The number of halogens is 3. The second-order valence-corrected chi connectivity index (χ2v) is 8.05. The van der Waals surface area contributed by atoms with Gasteiger partial charge in [-0.1, -0.05) is 24.3 Å². The molecule has 1 aliphatic heterocycles. The first-order valence-corrected chi connectivity index (χ1v) is 9.94. The molecule has 7 heteroatoms. The first kappa shape index (κ1) is 20.5. The third-order valence-corrected chi connectivity index (χ3v) is 5.99. The van der Waals surface area contributed by atoms with Gasteiger partial charge in [-0.15, -0.1) is 0 Å². The number of pyridine rings is 1. The molecule has 1 unspecified atom stereocenters. The molecule has 2 heterocycles. The van der Waals surface area contributed by atoms with Gasteiger partial charge in [-0.25, -0.2) is 0 Å². The van der Waals surface area contributed by atoms with Gasteiger partial charge >= 0.3 is 6.18 Å². The summed E-state index contributed by atoms with van der Waals surface area (Å²) in [6.45, 7) is 4.46. The van der Waals surface area contributed by atoms with Crippen molar-refractivity contribution >= 4 is 16.5 Å². The smallest absolute Gasteiger partial charge is 0.374 e. The highest BCUT2D eigenvalue weighted by atomic mass is 19.4. The first-order chi connectivity index (χ1) is 14.2. The van der Waals surface area contributed by atoms with Crippen molar-refractivity contribution in [3.8, 4) is 0 Å². The number of nitrogens with zero attached hydrogens (tertiary/aromatic N) is 1. The average molecular weight is 415 g/mol. The second kappa shape index (κ2) is 7.47. The van der Waals surface area contributed by atoms with Crippen LogP contribution in [0.4, 0.5) is 18.9 Å². The molecule has 158 valence electrons. The summed E-state index contributed by atoms with van der Waals surface area (Å²) in [4.78, 5) is 12.7. The van der Waals surface area contributed by atoms with E-state index in [1.54, 1.807) is 18.2 Å². The number of fused-ring (bicyclic) bond motifs is 1. The third kappa shape index (κ3) is 3.81. The summed E-state index contributed by atoms with van der Waals surface area (Å²) in [5, 5.41) is 7.89.